The molecule has 1 aromatic heterocycles. The van der Waals surface area contributed by atoms with Crippen molar-refractivity contribution in [2.24, 2.45) is 0 Å². The van der Waals surface area contributed by atoms with Crippen molar-refractivity contribution >= 4 is 21.9 Å². The van der Waals surface area contributed by atoms with Crippen molar-refractivity contribution in [3.05, 3.63) is 47.4 Å². The van der Waals surface area contributed by atoms with Crippen molar-refractivity contribution in [2.45, 2.75) is 57.3 Å². The Hall–Kier alpha value is -2.57. The smallest absolute Gasteiger partial charge is 0.311 e. The van der Waals surface area contributed by atoms with Crippen LogP contribution in [0.2, 0.25) is 0 Å². The maximum atomic E-state index is 13.6. The molecule has 0 aliphatic rings. The Morgan fingerprint density at radius 1 is 1.21 bits per heavy atom. The van der Waals surface area contributed by atoms with Crippen LogP contribution in [0.1, 0.15) is 48.7 Å². The number of halogens is 2. The molecule has 0 aliphatic carbocycles. The minimum atomic E-state index is -3.67. The number of hydrogen-bond acceptors (Lipinski definition) is 7. The minimum absolute atomic E-state index is 0.162. The number of aromatic nitrogens is 1. The summed E-state index contributed by atoms with van der Waals surface area (Å²) in [6, 6.07) is 1.36. The van der Waals surface area contributed by atoms with Gasteiger partial charge in [0.15, 0.2) is 5.69 Å². The summed E-state index contributed by atoms with van der Waals surface area (Å²) in [7, 11) is -2.48. The second-order valence-electron chi connectivity index (χ2n) is 7.86. The summed E-state index contributed by atoms with van der Waals surface area (Å²) in [6.45, 7) is 1.98. The highest BCUT2D eigenvalue weighted by Crippen LogP contribution is 2.18. The number of aliphatic hydroxyl groups excluding tert-OH is 2. The van der Waals surface area contributed by atoms with Crippen LogP contribution >= 0.6 is 0 Å². The fraction of sp³-hybridized carbons (Fsp3) is 0.524. The number of aliphatic hydroxyl groups is 2. The average molecular weight is 490 g/mol. The SMILES string of the molecule is CCCCCC(O)C(O)C(Cc1cc(F)cc(F)c1)NC(=O)c1coc(N(C)S(C)(=O)=O)n1. The first-order chi connectivity index (χ1) is 15.4. The largest absolute Gasteiger partial charge is 0.430 e. The third-order valence-electron chi connectivity index (χ3n) is 5.10. The highest BCUT2D eigenvalue weighted by atomic mass is 32.2. The van der Waals surface area contributed by atoms with E-state index in [2.05, 4.69) is 10.3 Å². The highest BCUT2D eigenvalue weighted by molar-refractivity contribution is 7.92. The van der Waals surface area contributed by atoms with E-state index in [0.29, 0.717) is 12.5 Å². The summed E-state index contributed by atoms with van der Waals surface area (Å²) in [4.78, 5) is 16.5. The Bertz CT molecular complexity index is 1030. The molecule has 0 saturated heterocycles. The predicted octanol–water partition coefficient (Wildman–Crippen LogP) is 1.99. The van der Waals surface area contributed by atoms with E-state index >= 15 is 0 Å². The lowest BCUT2D eigenvalue weighted by atomic mass is 9.94. The van der Waals surface area contributed by atoms with E-state index in [0.717, 1.165) is 41.8 Å². The fourth-order valence-corrected chi connectivity index (χ4v) is 3.55. The van der Waals surface area contributed by atoms with Crippen molar-refractivity contribution in [1.82, 2.24) is 10.3 Å². The van der Waals surface area contributed by atoms with Crippen LogP contribution in [0, 0.1) is 11.6 Å². The van der Waals surface area contributed by atoms with Crippen LogP contribution in [-0.4, -0.2) is 61.1 Å². The molecule has 2 rings (SSSR count). The molecule has 33 heavy (non-hydrogen) atoms. The number of oxazole rings is 1. The van der Waals surface area contributed by atoms with Gasteiger partial charge in [0, 0.05) is 13.1 Å². The van der Waals surface area contributed by atoms with E-state index in [-0.39, 0.29) is 30.1 Å². The Labute approximate surface area is 191 Å². The highest BCUT2D eigenvalue weighted by Gasteiger charge is 2.30. The Balaban J connectivity index is 2.23. The normalized spacial score (nSPS) is 14.5. The van der Waals surface area contributed by atoms with Gasteiger partial charge in [0.05, 0.1) is 18.4 Å². The topological polar surface area (TPSA) is 133 Å². The molecule has 0 bridgehead atoms. The fourth-order valence-electron chi connectivity index (χ4n) is 3.18. The van der Waals surface area contributed by atoms with Gasteiger partial charge in [0.2, 0.25) is 10.0 Å². The lowest BCUT2D eigenvalue weighted by molar-refractivity contribution is -0.00836. The summed E-state index contributed by atoms with van der Waals surface area (Å²) in [5.74, 6) is -2.47. The van der Waals surface area contributed by atoms with Gasteiger partial charge in [-0.2, -0.15) is 4.98 Å². The Morgan fingerprint density at radius 3 is 2.42 bits per heavy atom. The summed E-state index contributed by atoms with van der Waals surface area (Å²) in [5, 5.41) is 23.6. The minimum Gasteiger partial charge on any atom is -0.430 e. The quantitative estimate of drug-likeness (QED) is 0.388. The van der Waals surface area contributed by atoms with Gasteiger partial charge in [-0.1, -0.05) is 26.2 Å². The Morgan fingerprint density at radius 2 is 1.85 bits per heavy atom. The number of nitrogens with zero attached hydrogens (tertiary/aromatic N) is 2. The average Bonchev–Trinajstić information content (AvgIpc) is 3.21. The van der Waals surface area contributed by atoms with Crippen LogP contribution in [-0.2, 0) is 16.4 Å². The zero-order valence-corrected chi connectivity index (χ0v) is 19.5. The van der Waals surface area contributed by atoms with Crippen LogP contribution in [0.3, 0.4) is 0 Å². The zero-order chi connectivity index (χ0) is 24.8. The molecule has 3 atom stereocenters. The molecule has 0 radical (unpaired) electrons. The summed E-state index contributed by atoms with van der Waals surface area (Å²) >= 11 is 0. The molecule has 3 N–H and O–H groups in total. The maximum absolute atomic E-state index is 13.6. The van der Waals surface area contributed by atoms with Crippen molar-refractivity contribution in [1.29, 1.82) is 0 Å². The third-order valence-corrected chi connectivity index (χ3v) is 6.25. The predicted molar refractivity (Wildman–Crippen MR) is 117 cm³/mol. The van der Waals surface area contributed by atoms with Crippen LogP contribution < -0.4 is 9.62 Å². The zero-order valence-electron chi connectivity index (χ0n) is 18.7. The number of unbranched alkanes of at least 4 members (excludes halogenated alkanes) is 2. The van der Waals surface area contributed by atoms with Crippen molar-refractivity contribution in [2.75, 3.05) is 17.6 Å². The number of carbonyl (C=O) groups is 1. The number of nitrogens with one attached hydrogen (secondary N) is 1. The van der Waals surface area contributed by atoms with Gasteiger partial charge in [0.1, 0.15) is 24.0 Å². The lowest BCUT2D eigenvalue weighted by Crippen LogP contribution is -2.50. The molecule has 9 nitrogen and oxygen atoms in total. The monoisotopic (exact) mass is 489 g/mol. The summed E-state index contributed by atoms with van der Waals surface area (Å²) < 4.78 is 56.3. The van der Waals surface area contributed by atoms with Crippen LogP contribution in [0.5, 0.6) is 0 Å². The van der Waals surface area contributed by atoms with Crippen LogP contribution in [0.25, 0.3) is 0 Å². The van der Waals surface area contributed by atoms with Gasteiger partial charge >= 0.3 is 6.01 Å². The van der Waals surface area contributed by atoms with Gasteiger partial charge < -0.3 is 19.9 Å². The first kappa shape index (κ1) is 26.7. The first-order valence-electron chi connectivity index (χ1n) is 10.4. The summed E-state index contributed by atoms with van der Waals surface area (Å²) in [5.41, 5.74) is -0.112. The summed E-state index contributed by atoms with van der Waals surface area (Å²) in [6.07, 6.45) is 1.72. The first-order valence-corrected chi connectivity index (χ1v) is 12.3. The van der Waals surface area contributed by atoms with Crippen molar-refractivity contribution in [3.63, 3.8) is 0 Å². The molecule has 0 fully saturated rings. The van der Waals surface area contributed by atoms with E-state index < -0.39 is 45.8 Å². The van der Waals surface area contributed by atoms with Gasteiger partial charge in [-0.15, -0.1) is 0 Å². The molecule has 0 saturated carbocycles. The number of amides is 1. The molecule has 184 valence electrons. The maximum Gasteiger partial charge on any atom is 0.311 e. The van der Waals surface area contributed by atoms with Crippen molar-refractivity contribution < 1.29 is 36.6 Å². The van der Waals surface area contributed by atoms with E-state index in [1.165, 1.54) is 7.05 Å². The lowest BCUT2D eigenvalue weighted by Gasteiger charge is -2.28. The van der Waals surface area contributed by atoms with Crippen LogP contribution in [0.4, 0.5) is 14.8 Å². The van der Waals surface area contributed by atoms with Crippen molar-refractivity contribution in [3.8, 4) is 0 Å². The molecule has 12 heteroatoms. The molecule has 0 aliphatic heterocycles. The van der Waals surface area contributed by atoms with E-state index in [1.807, 2.05) is 6.92 Å². The second-order valence-corrected chi connectivity index (χ2v) is 9.88. The van der Waals surface area contributed by atoms with E-state index in [9.17, 15) is 32.2 Å². The molecule has 3 unspecified atom stereocenters. The van der Waals surface area contributed by atoms with Gasteiger partial charge in [-0.05, 0) is 30.5 Å². The van der Waals surface area contributed by atoms with E-state index in [4.69, 9.17) is 4.42 Å². The van der Waals surface area contributed by atoms with Crippen LogP contribution in [0.15, 0.2) is 28.9 Å². The number of rotatable bonds is 12. The number of benzene rings is 1. The standard InChI is InChI=1S/C21H29F2N3O6S/c1-4-5-6-7-18(27)19(28)16(10-13-8-14(22)11-15(23)9-13)24-20(29)17-12-32-21(25-17)26(2)33(3,30)31/h8-9,11-12,16,18-19,27-28H,4-7,10H2,1-3H3,(H,24,29). The number of sulfonamides is 1. The van der Waals surface area contributed by atoms with E-state index in [1.54, 1.807) is 0 Å². The number of carbonyl (C=O) groups excluding carboxylic acids is 1. The molecule has 2 aromatic rings. The molecule has 1 heterocycles. The molecular weight excluding hydrogens is 460 g/mol. The van der Waals surface area contributed by atoms with Gasteiger partial charge in [-0.3, -0.25) is 4.79 Å². The number of hydrogen-bond donors (Lipinski definition) is 3. The number of anilines is 1. The van der Waals surface area contributed by atoms with Gasteiger partial charge in [0.25, 0.3) is 5.91 Å². The molecule has 0 spiro atoms. The second kappa shape index (κ2) is 11.5. The Kier molecular flexibility index (Phi) is 9.32. The van der Waals surface area contributed by atoms with Gasteiger partial charge in [-0.25, -0.2) is 21.5 Å². The molecule has 1 amide bonds. The third kappa shape index (κ3) is 7.76. The molecular formula is C21H29F2N3O6S. The molecule has 1 aromatic carbocycles.